The third-order valence-electron chi connectivity index (χ3n) is 3.23. The van der Waals surface area contributed by atoms with E-state index < -0.39 is 0 Å². The number of halogens is 2. The summed E-state index contributed by atoms with van der Waals surface area (Å²) in [5.74, 6) is -0.255. The highest BCUT2D eigenvalue weighted by Gasteiger charge is 2.15. The Morgan fingerprint density at radius 3 is 2.85 bits per heavy atom. The summed E-state index contributed by atoms with van der Waals surface area (Å²) in [4.78, 5) is 4.10. The van der Waals surface area contributed by atoms with Gasteiger partial charge in [0.2, 0.25) is 0 Å². The number of nitrogens with zero attached hydrogens (tertiary/aromatic N) is 1. The minimum Gasteiger partial charge on any atom is -0.310 e. The molecule has 0 aliphatic carbocycles. The Morgan fingerprint density at radius 1 is 1.35 bits per heavy atom. The van der Waals surface area contributed by atoms with E-state index in [9.17, 15) is 4.39 Å². The zero-order chi connectivity index (χ0) is 14.4. The van der Waals surface area contributed by atoms with E-state index in [1.807, 2.05) is 25.3 Å². The van der Waals surface area contributed by atoms with E-state index in [2.05, 4.69) is 10.3 Å². The van der Waals surface area contributed by atoms with Crippen molar-refractivity contribution in [3.63, 3.8) is 0 Å². The van der Waals surface area contributed by atoms with Crippen molar-refractivity contribution in [3.05, 3.63) is 64.7 Å². The summed E-state index contributed by atoms with van der Waals surface area (Å²) in [5.41, 5.74) is 1.82. The molecule has 2 aromatic rings. The molecule has 1 aromatic carbocycles. The summed E-state index contributed by atoms with van der Waals surface area (Å²) in [7, 11) is 0. The largest absolute Gasteiger partial charge is 0.310 e. The van der Waals surface area contributed by atoms with Crippen molar-refractivity contribution in [1.82, 2.24) is 10.3 Å². The summed E-state index contributed by atoms with van der Waals surface area (Å²) in [6, 6.07) is 8.79. The van der Waals surface area contributed by atoms with Crippen LogP contribution in [0.4, 0.5) is 4.39 Å². The lowest BCUT2D eigenvalue weighted by atomic mass is 9.99. The van der Waals surface area contributed by atoms with Gasteiger partial charge in [-0.05, 0) is 43.1 Å². The molecule has 106 valence electrons. The molecule has 0 bridgehead atoms. The first-order valence-corrected chi connectivity index (χ1v) is 7.15. The smallest absolute Gasteiger partial charge is 0.129 e. The number of aryl methyl sites for hydroxylation is 1. The summed E-state index contributed by atoms with van der Waals surface area (Å²) in [5, 5.41) is 3.75. The SMILES string of the molecule is CCNC(CCc1cccnc1)c1ccc(Cl)cc1F. The molecular formula is C16H18ClFN2. The molecule has 0 saturated carbocycles. The predicted octanol–water partition coefficient (Wildman–Crippen LogP) is 4.16. The summed E-state index contributed by atoms with van der Waals surface area (Å²) in [6.45, 7) is 2.81. The van der Waals surface area contributed by atoms with Gasteiger partial charge in [0.1, 0.15) is 5.82 Å². The molecule has 0 saturated heterocycles. The minimum atomic E-state index is -0.255. The molecule has 2 rings (SSSR count). The molecule has 1 heterocycles. The van der Waals surface area contributed by atoms with Gasteiger partial charge in [-0.1, -0.05) is 30.7 Å². The number of rotatable bonds is 6. The summed E-state index contributed by atoms with van der Waals surface area (Å²) >= 11 is 5.80. The molecule has 0 radical (unpaired) electrons. The number of aromatic nitrogens is 1. The van der Waals surface area contributed by atoms with Crippen molar-refractivity contribution < 1.29 is 4.39 Å². The average molecular weight is 293 g/mol. The van der Waals surface area contributed by atoms with Gasteiger partial charge in [0.25, 0.3) is 0 Å². The van der Waals surface area contributed by atoms with E-state index in [1.165, 1.54) is 6.07 Å². The van der Waals surface area contributed by atoms with E-state index in [4.69, 9.17) is 11.6 Å². The van der Waals surface area contributed by atoms with Crippen molar-refractivity contribution in [3.8, 4) is 0 Å². The molecular weight excluding hydrogens is 275 g/mol. The van der Waals surface area contributed by atoms with Gasteiger partial charge in [-0.2, -0.15) is 0 Å². The highest BCUT2D eigenvalue weighted by atomic mass is 35.5. The molecule has 4 heteroatoms. The zero-order valence-corrected chi connectivity index (χ0v) is 12.2. The first kappa shape index (κ1) is 14.9. The first-order chi connectivity index (χ1) is 9.70. The Bertz CT molecular complexity index is 545. The Labute approximate surface area is 124 Å². The molecule has 1 unspecified atom stereocenters. The van der Waals surface area contributed by atoms with Gasteiger partial charge in [-0.3, -0.25) is 4.98 Å². The maximum Gasteiger partial charge on any atom is 0.129 e. The van der Waals surface area contributed by atoms with Crippen molar-refractivity contribution in [1.29, 1.82) is 0 Å². The van der Waals surface area contributed by atoms with Gasteiger partial charge in [-0.25, -0.2) is 4.39 Å². The van der Waals surface area contributed by atoms with E-state index in [1.54, 1.807) is 18.3 Å². The zero-order valence-electron chi connectivity index (χ0n) is 11.4. The fourth-order valence-corrected chi connectivity index (χ4v) is 2.41. The predicted molar refractivity (Wildman–Crippen MR) is 80.4 cm³/mol. The monoisotopic (exact) mass is 292 g/mol. The highest BCUT2D eigenvalue weighted by molar-refractivity contribution is 6.30. The molecule has 2 nitrogen and oxygen atoms in total. The number of hydrogen-bond acceptors (Lipinski definition) is 2. The van der Waals surface area contributed by atoms with Crippen LogP contribution >= 0.6 is 11.6 Å². The Balaban J connectivity index is 2.10. The second kappa shape index (κ2) is 7.36. The molecule has 1 aromatic heterocycles. The van der Waals surface area contributed by atoms with E-state index in [0.717, 1.165) is 24.9 Å². The molecule has 0 aliphatic rings. The van der Waals surface area contributed by atoms with Gasteiger partial charge >= 0.3 is 0 Å². The van der Waals surface area contributed by atoms with Crippen LogP contribution in [0.5, 0.6) is 0 Å². The summed E-state index contributed by atoms with van der Waals surface area (Å²) < 4.78 is 14.0. The lowest BCUT2D eigenvalue weighted by Gasteiger charge is -2.19. The van der Waals surface area contributed by atoms with Crippen LogP contribution in [-0.2, 0) is 6.42 Å². The van der Waals surface area contributed by atoms with Crippen LogP contribution in [0.25, 0.3) is 0 Å². The van der Waals surface area contributed by atoms with Crippen molar-refractivity contribution in [2.24, 2.45) is 0 Å². The average Bonchev–Trinajstić information content (AvgIpc) is 2.45. The summed E-state index contributed by atoms with van der Waals surface area (Å²) in [6.07, 6.45) is 5.27. The van der Waals surface area contributed by atoms with Crippen molar-refractivity contribution in [2.75, 3.05) is 6.54 Å². The van der Waals surface area contributed by atoms with E-state index >= 15 is 0 Å². The van der Waals surface area contributed by atoms with Crippen LogP contribution in [0.2, 0.25) is 5.02 Å². The van der Waals surface area contributed by atoms with Crippen molar-refractivity contribution >= 4 is 11.6 Å². The molecule has 1 N–H and O–H groups in total. The van der Waals surface area contributed by atoms with Crippen LogP contribution in [0.15, 0.2) is 42.7 Å². The van der Waals surface area contributed by atoms with Crippen molar-refractivity contribution in [2.45, 2.75) is 25.8 Å². The molecule has 0 fully saturated rings. The van der Waals surface area contributed by atoms with Gasteiger partial charge in [0.05, 0.1) is 0 Å². The second-order valence-electron chi connectivity index (χ2n) is 4.68. The fraction of sp³-hybridized carbons (Fsp3) is 0.312. The minimum absolute atomic E-state index is 0.0162. The second-order valence-corrected chi connectivity index (χ2v) is 5.11. The third kappa shape index (κ3) is 4.02. The number of nitrogens with one attached hydrogen (secondary N) is 1. The number of benzene rings is 1. The fourth-order valence-electron chi connectivity index (χ4n) is 2.26. The van der Waals surface area contributed by atoms with Crippen LogP contribution in [0, 0.1) is 5.82 Å². The Hall–Kier alpha value is -1.45. The Morgan fingerprint density at radius 2 is 2.20 bits per heavy atom. The Kier molecular flexibility index (Phi) is 5.50. The quantitative estimate of drug-likeness (QED) is 0.865. The lowest BCUT2D eigenvalue weighted by molar-refractivity contribution is 0.485. The number of pyridine rings is 1. The highest BCUT2D eigenvalue weighted by Crippen LogP contribution is 2.24. The van der Waals surface area contributed by atoms with Gasteiger partial charge in [-0.15, -0.1) is 0 Å². The first-order valence-electron chi connectivity index (χ1n) is 6.78. The van der Waals surface area contributed by atoms with Gasteiger partial charge < -0.3 is 5.32 Å². The van der Waals surface area contributed by atoms with Gasteiger partial charge in [0.15, 0.2) is 0 Å². The normalized spacial score (nSPS) is 12.3. The topological polar surface area (TPSA) is 24.9 Å². The van der Waals surface area contributed by atoms with Crippen LogP contribution < -0.4 is 5.32 Å². The standard InChI is InChI=1S/C16H18ClFN2/c1-2-20-16(8-5-12-4-3-9-19-11-12)14-7-6-13(17)10-15(14)18/h3-4,6-7,9-11,16,20H,2,5,8H2,1H3. The molecule has 0 spiro atoms. The van der Waals surface area contributed by atoms with Crippen LogP contribution in [0.3, 0.4) is 0 Å². The van der Waals surface area contributed by atoms with E-state index in [-0.39, 0.29) is 11.9 Å². The molecule has 20 heavy (non-hydrogen) atoms. The maximum absolute atomic E-state index is 14.0. The molecule has 0 aliphatic heterocycles. The number of hydrogen-bond donors (Lipinski definition) is 1. The van der Waals surface area contributed by atoms with E-state index in [0.29, 0.717) is 10.6 Å². The van der Waals surface area contributed by atoms with Crippen LogP contribution in [0.1, 0.15) is 30.5 Å². The third-order valence-corrected chi connectivity index (χ3v) is 3.47. The lowest BCUT2D eigenvalue weighted by Crippen LogP contribution is -2.22. The maximum atomic E-state index is 14.0. The van der Waals surface area contributed by atoms with Crippen LogP contribution in [-0.4, -0.2) is 11.5 Å². The van der Waals surface area contributed by atoms with Gasteiger partial charge in [0, 0.05) is 29.0 Å². The molecule has 0 amide bonds. The molecule has 1 atom stereocenters.